The Hall–Kier alpha value is -3.20. The summed E-state index contributed by atoms with van der Waals surface area (Å²) < 4.78 is 0. The van der Waals surface area contributed by atoms with Crippen molar-refractivity contribution < 1.29 is 24.6 Å². The maximum absolute atomic E-state index is 13.9. The topological polar surface area (TPSA) is 101 Å². The van der Waals surface area contributed by atoms with Crippen LogP contribution in [0.15, 0.2) is 54.6 Å². The third kappa shape index (κ3) is 5.98. The van der Waals surface area contributed by atoms with Gasteiger partial charge in [-0.05, 0) is 61.6 Å². The molecule has 0 saturated carbocycles. The van der Waals surface area contributed by atoms with Gasteiger partial charge >= 0.3 is 0 Å². The number of benzene rings is 2. The highest BCUT2D eigenvalue weighted by atomic mass is 35.5. The molecule has 2 aromatic carbocycles. The van der Waals surface area contributed by atoms with Gasteiger partial charge in [0.2, 0.25) is 11.8 Å². The Morgan fingerprint density at radius 2 is 1.83 bits per heavy atom. The van der Waals surface area contributed by atoms with Crippen molar-refractivity contribution >= 4 is 40.7 Å². The predicted molar refractivity (Wildman–Crippen MR) is 163 cm³/mol. The summed E-state index contributed by atoms with van der Waals surface area (Å²) in [6.07, 6.45) is 9.88. The van der Waals surface area contributed by atoms with Crippen molar-refractivity contribution in [2.45, 2.75) is 76.5 Å². The van der Waals surface area contributed by atoms with Crippen LogP contribution in [0.2, 0.25) is 5.02 Å². The lowest BCUT2D eigenvalue weighted by molar-refractivity contribution is -0.139. The zero-order valence-electron chi connectivity index (χ0n) is 24.2. The van der Waals surface area contributed by atoms with E-state index < -0.39 is 17.4 Å². The van der Waals surface area contributed by atoms with E-state index in [9.17, 15) is 24.6 Å². The van der Waals surface area contributed by atoms with Gasteiger partial charge in [-0.25, -0.2) is 0 Å². The molecule has 3 aliphatic rings. The van der Waals surface area contributed by atoms with Crippen LogP contribution in [-0.4, -0.2) is 58.6 Å². The second-order valence-electron chi connectivity index (χ2n) is 11.7. The average Bonchev–Trinajstić information content (AvgIpc) is 3.54. The van der Waals surface area contributed by atoms with Crippen molar-refractivity contribution in [1.82, 2.24) is 4.90 Å². The van der Waals surface area contributed by atoms with Crippen molar-refractivity contribution in [3.8, 4) is 0 Å². The summed E-state index contributed by atoms with van der Waals surface area (Å²) in [5, 5.41) is 21.9. The van der Waals surface area contributed by atoms with Crippen LogP contribution < -0.4 is 9.80 Å². The zero-order chi connectivity index (χ0) is 29.9. The molecule has 2 saturated heterocycles. The van der Waals surface area contributed by atoms with Crippen molar-refractivity contribution in [3.63, 3.8) is 0 Å². The number of hydrogen-bond donors (Lipinski definition) is 2. The number of halogens is 1. The number of carbonyl (C=O) groups is 3. The van der Waals surface area contributed by atoms with Crippen LogP contribution in [0.5, 0.6) is 0 Å². The Balaban J connectivity index is 1.32. The van der Waals surface area contributed by atoms with Gasteiger partial charge in [-0.3, -0.25) is 14.4 Å². The molecule has 5 rings (SSSR count). The van der Waals surface area contributed by atoms with E-state index in [-0.39, 0.29) is 37.4 Å². The molecule has 2 N–H and O–H groups in total. The summed E-state index contributed by atoms with van der Waals surface area (Å²) in [5.41, 5.74) is 0.905. The van der Waals surface area contributed by atoms with Crippen molar-refractivity contribution in [2.75, 3.05) is 29.5 Å². The zero-order valence-corrected chi connectivity index (χ0v) is 24.9. The molecule has 2 aromatic rings. The summed E-state index contributed by atoms with van der Waals surface area (Å²) >= 11 is 6.32. The molecule has 0 bridgehead atoms. The number of fused-ring (bicyclic) bond motifs is 1. The van der Waals surface area contributed by atoms with Crippen LogP contribution >= 0.6 is 11.6 Å². The summed E-state index contributed by atoms with van der Waals surface area (Å²) in [6.45, 7) is 3.30. The maximum atomic E-state index is 13.9. The number of amides is 3. The van der Waals surface area contributed by atoms with Crippen LogP contribution in [0.25, 0.3) is 0 Å². The number of carbonyl (C=O) groups excluding carboxylic acids is 3. The van der Waals surface area contributed by atoms with Gasteiger partial charge in [0.15, 0.2) is 5.60 Å². The Morgan fingerprint density at radius 3 is 2.60 bits per heavy atom. The molecule has 9 heteroatoms. The molecule has 224 valence electrons. The average molecular weight is 594 g/mol. The van der Waals surface area contributed by atoms with Crippen LogP contribution in [0.3, 0.4) is 0 Å². The van der Waals surface area contributed by atoms with Gasteiger partial charge < -0.3 is 24.9 Å². The van der Waals surface area contributed by atoms with Gasteiger partial charge in [-0.1, -0.05) is 55.7 Å². The first-order chi connectivity index (χ1) is 20.2. The number of hydrogen-bond acceptors (Lipinski definition) is 5. The summed E-state index contributed by atoms with van der Waals surface area (Å²) in [6, 6.07) is 12.7. The smallest absolute Gasteiger partial charge is 0.264 e. The quantitative estimate of drug-likeness (QED) is 0.422. The molecule has 3 heterocycles. The fourth-order valence-electron chi connectivity index (χ4n) is 6.46. The van der Waals surface area contributed by atoms with E-state index in [4.69, 9.17) is 11.6 Å². The van der Waals surface area contributed by atoms with E-state index in [1.165, 1.54) is 0 Å². The summed E-state index contributed by atoms with van der Waals surface area (Å²) in [7, 11) is 0. The van der Waals surface area contributed by atoms with Gasteiger partial charge in [0.25, 0.3) is 5.91 Å². The van der Waals surface area contributed by atoms with Gasteiger partial charge in [-0.15, -0.1) is 0 Å². The number of rotatable bonds is 8. The van der Waals surface area contributed by atoms with E-state index in [1.807, 2.05) is 29.2 Å². The van der Waals surface area contributed by atoms with Crippen molar-refractivity contribution in [3.05, 3.63) is 70.8 Å². The van der Waals surface area contributed by atoms with Gasteiger partial charge in [-0.2, -0.15) is 0 Å². The molecule has 42 heavy (non-hydrogen) atoms. The molecule has 8 nitrogen and oxygen atoms in total. The standard InChI is InChI=1S/C33H40ClN3O5/c1-23(8-6-11-31(40)36-19-7-9-27(36)22-38)33(42)28-20-25(34)14-17-29(28)37(32(33)41)21-24-12-15-26(16-13-24)35-18-5-3-2-4-10-30(35)39/h6,8,12-17,20,23,27,38,42H,2-5,7,9-11,18-19,21-22H2,1H3/b8-6+/t23-,27+,33+/m1/s1. The number of aliphatic hydroxyl groups is 2. The molecule has 3 amide bonds. The number of anilines is 2. The van der Waals surface area contributed by atoms with E-state index in [2.05, 4.69) is 0 Å². The van der Waals surface area contributed by atoms with E-state index in [0.717, 1.165) is 49.8 Å². The van der Waals surface area contributed by atoms with Crippen LogP contribution in [-0.2, 0) is 26.5 Å². The van der Waals surface area contributed by atoms with Crippen molar-refractivity contribution in [1.29, 1.82) is 0 Å². The number of aliphatic hydroxyl groups excluding tert-OH is 1. The molecule has 3 atom stereocenters. The summed E-state index contributed by atoms with van der Waals surface area (Å²) in [4.78, 5) is 44.4. The first kappa shape index (κ1) is 30.3. The molecule has 2 fully saturated rings. The predicted octanol–water partition coefficient (Wildman–Crippen LogP) is 4.94. The van der Waals surface area contributed by atoms with E-state index in [1.54, 1.807) is 47.1 Å². The first-order valence-corrected chi connectivity index (χ1v) is 15.4. The molecule has 0 radical (unpaired) electrons. The third-order valence-corrected chi connectivity index (χ3v) is 9.16. The lowest BCUT2D eigenvalue weighted by Gasteiger charge is -2.28. The Morgan fingerprint density at radius 1 is 1.07 bits per heavy atom. The highest BCUT2D eigenvalue weighted by Gasteiger charge is 2.52. The van der Waals surface area contributed by atoms with Gasteiger partial charge in [0.1, 0.15) is 0 Å². The highest BCUT2D eigenvalue weighted by Crippen LogP contribution is 2.46. The van der Waals surface area contributed by atoms with E-state index >= 15 is 0 Å². The van der Waals surface area contributed by atoms with E-state index in [0.29, 0.717) is 35.8 Å². The molecule has 0 aromatic heterocycles. The Bertz CT molecular complexity index is 1350. The first-order valence-electron chi connectivity index (χ1n) is 15.0. The lowest BCUT2D eigenvalue weighted by atomic mass is 9.83. The highest BCUT2D eigenvalue weighted by molar-refractivity contribution is 6.31. The maximum Gasteiger partial charge on any atom is 0.264 e. The normalized spacial score (nSPS) is 23.8. The fourth-order valence-corrected chi connectivity index (χ4v) is 6.63. The SMILES string of the molecule is C[C@H](/C=C/CC(=O)N1CCC[C@H]1CO)[C@@]1(O)C(=O)N(Cc2ccc(N3CCCCCCC3=O)cc2)c2ccc(Cl)cc21. The van der Waals surface area contributed by atoms with Gasteiger partial charge in [0, 0.05) is 48.1 Å². The second kappa shape index (κ2) is 13.0. The molecule has 0 unspecified atom stereocenters. The Kier molecular flexibility index (Phi) is 9.35. The van der Waals surface area contributed by atoms with Crippen LogP contribution in [0.4, 0.5) is 11.4 Å². The lowest BCUT2D eigenvalue weighted by Crippen LogP contribution is -2.44. The minimum atomic E-state index is -1.85. The third-order valence-electron chi connectivity index (χ3n) is 8.93. The molecular weight excluding hydrogens is 554 g/mol. The molecular formula is C33H40ClN3O5. The molecule has 3 aliphatic heterocycles. The van der Waals surface area contributed by atoms with Crippen LogP contribution in [0.1, 0.15) is 69.4 Å². The van der Waals surface area contributed by atoms with Crippen molar-refractivity contribution in [2.24, 2.45) is 5.92 Å². The molecule has 0 spiro atoms. The number of nitrogens with zero attached hydrogens (tertiary/aromatic N) is 3. The fraction of sp³-hybridized carbons (Fsp3) is 0.485. The second-order valence-corrected chi connectivity index (χ2v) is 12.1. The van der Waals surface area contributed by atoms with Gasteiger partial charge in [0.05, 0.1) is 24.9 Å². The minimum Gasteiger partial charge on any atom is -0.394 e. The Labute approximate surface area is 252 Å². The van der Waals surface area contributed by atoms with Crippen LogP contribution in [0, 0.1) is 5.92 Å². The summed E-state index contributed by atoms with van der Waals surface area (Å²) in [5.74, 6) is -1.02. The molecule has 0 aliphatic carbocycles. The largest absolute Gasteiger partial charge is 0.394 e. The number of likely N-dealkylation sites (tertiary alicyclic amines) is 1. The monoisotopic (exact) mass is 593 g/mol. The minimum absolute atomic E-state index is 0.0490.